The lowest BCUT2D eigenvalue weighted by molar-refractivity contribution is -0.161. The zero-order valence-corrected chi connectivity index (χ0v) is 32.5. The van der Waals surface area contributed by atoms with E-state index in [4.69, 9.17) is 24.4 Å². The molecule has 0 unspecified atom stereocenters. The summed E-state index contributed by atoms with van der Waals surface area (Å²) in [5, 5.41) is 0. The fraction of sp³-hybridized carbons (Fsp3) is 0.897. The number of rotatable bonds is 37. The van der Waals surface area contributed by atoms with Crippen molar-refractivity contribution in [2.24, 2.45) is 5.73 Å². The van der Waals surface area contributed by atoms with E-state index in [1.807, 2.05) is 6.08 Å². The van der Waals surface area contributed by atoms with E-state index in [9.17, 15) is 14.2 Å². The maximum Gasteiger partial charge on any atom is 0.742 e. The van der Waals surface area contributed by atoms with Crippen molar-refractivity contribution in [3.8, 4) is 0 Å². The highest BCUT2D eigenvalue weighted by Crippen LogP contribution is 2.72. The highest BCUT2D eigenvalue weighted by molar-refractivity contribution is 7.53. The summed E-state index contributed by atoms with van der Waals surface area (Å²) in [5.41, 5.74) is 5.48. The van der Waals surface area contributed by atoms with Crippen LogP contribution in [0.1, 0.15) is 194 Å². The van der Waals surface area contributed by atoms with Gasteiger partial charge in [-0.2, -0.15) is 4.57 Å². The molecule has 0 bridgehead atoms. The van der Waals surface area contributed by atoms with Crippen LogP contribution in [0.25, 0.3) is 0 Å². The lowest BCUT2D eigenvalue weighted by Gasteiger charge is -2.16. The Hall–Kier alpha value is -1.25. The number of unbranched alkanes of at least 4 members (excludes halogenated alkanes) is 23. The summed E-state index contributed by atoms with van der Waals surface area (Å²) in [6, 6.07) is 0. The van der Waals surface area contributed by atoms with Crippen molar-refractivity contribution < 1.29 is 37.1 Å². The van der Waals surface area contributed by atoms with Gasteiger partial charge in [-0.3, -0.25) is 9.59 Å². The van der Waals surface area contributed by atoms with E-state index in [1.165, 1.54) is 135 Å². The molecule has 0 spiro atoms. The summed E-state index contributed by atoms with van der Waals surface area (Å²) in [6.45, 7) is 4.58. The second-order valence-electron chi connectivity index (χ2n) is 13.8. The van der Waals surface area contributed by atoms with Gasteiger partial charge in [0.25, 0.3) is 0 Å². The Morgan fingerprint density at radius 1 is 0.633 bits per heavy atom. The van der Waals surface area contributed by atoms with Gasteiger partial charge in [-0.1, -0.05) is 167 Å². The lowest BCUT2D eigenvalue weighted by atomic mass is 10.0. The molecule has 0 saturated carbocycles. The molecule has 0 aromatic heterocycles. The van der Waals surface area contributed by atoms with E-state index >= 15 is 0 Å². The Morgan fingerprint density at radius 3 is 1.61 bits per heavy atom. The first-order chi connectivity index (χ1) is 23.9. The van der Waals surface area contributed by atoms with Gasteiger partial charge in [-0.05, 0) is 25.7 Å². The summed E-state index contributed by atoms with van der Waals surface area (Å²) in [4.78, 5) is 25.0. The predicted molar refractivity (Wildman–Crippen MR) is 200 cm³/mol. The largest absolute Gasteiger partial charge is 0.742 e. The van der Waals surface area contributed by atoms with Gasteiger partial charge in [0.2, 0.25) is 6.61 Å². The van der Waals surface area contributed by atoms with Gasteiger partial charge in [-0.25, -0.2) is 4.52 Å². The SMILES string of the molecule is CCCCCCCCCCCCC/C=C/CCC(=O)OC[C@H](CO[P@@]1(=O)O[O+]1CCN)OC(=O)CCCCCCCCCCCCCCC. The third-order valence-corrected chi connectivity index (χ3v) is 10.4. The average Bonchev–Trinajstić information content (AvgIpc) is 3.74. The molecule has 0 aliphatic carbocycles. The number of hydrogen-bond donors (Lipinski definition) is 1. The second-order valence-corrected chi connectivity index (χ2v) is 15.5. The summed E-state index contributed by atoms with van der Waals surface area (Å²) < 4.78 is 35.9. The number of esters is 2. The van der Waals surface area contributed by atoms with E-state index in [0.29, 0.717) is 6.42 Å². The number of carbonyl (C=O) groups excluding carboxylic acids is 2. The molecule has 1 aliphatic rings. The number of nitrogens with two attached hydrogens (primary N) is 1. The molecule has 1 heterocycles. The fourth-order valence-corrected chi connectivity index (χ4v) is 7.13. The van der Waals surface area contributed by atoms with Crippen LogP contribution in [0.3, 0.4) is 0 Å². The number of hydrogen-bond acceptors (Lipinski definition) is 8. The molecule has 2 N–H and O–H groups in total. The summed E-state index contributed by atoms with van der Waals surface area (Å²) >= 11 is 0. The number of ether oxygens (including phenoxy) is 2. The summed E-state index contributed by atoms with van der Waals surface area (Å²) in [6.07, 6.45) is 36.1. The minimum absolute atomic E-state index is 0.160. The molecule has 0 aromatic carbocycles. The minimum atomic E-state index is -3.46. The van der Waals surface area contributed by atoms with Gasteiger partial charge in [0.05, 0.1) is 11.2 Å². The van der Waals surface area contributed by atoms with Crippen LogP contribution in [0.5, 0.6) is 0 Å². The van der Waals surface area contributed by atoms with E-state index in [1.54, 1.807) is 0 Å². The molecule has 1 saturated heterocycles. The Labute approximate surface area is 300 Å². The Kier molecular flexibility index (Phi) is 30.5. The van der Waals surface area contributed by atoms with Crippen LogP contribution < -0.4 is 5.73 Å². The monoisotopic (exact) mass is 717 g/mol. The van der Waals surface area contributed by atoms with Gasteiger partial charge in [-0.15, -0.1) is 4.30 Å². The molecular formula is C39H75NO8P+. The van der Waals surface area contributed by atoms with Crippen molar-refractivity contribution in [3.05, 3.63) is 12.2 Å². The first kappa shape index (κ1) is 45.8. The maximum atomic E-state index is 12.6. The molecule has 1 fully saturated rings. The third kappa shape index (κ3) is 28.1. The highest BCUT2D eigenvalue weighted by atomic mass is 31.2. The smallest absolute Gasteiger partial charge is 0.462 e. The van der Waals surface area contributed by atoms with Crippen molar-refractivity contribution in [3.63, 3.8) is 0 Å². The molecule has 10 heteroatoms. The minimum Gasteiger partial charge on any atom is -0.462 e. The molecule has 9 nitrogen and oxygen atoms in total. The standard InChI is InChI=1S/C39H75NO8P/c1-3-5-7-9-11-13-15-17-18-20-21-23-25-27-29-31-38(41)44-35-37(36-45-49(43)47-48(49)34-33-40)46-39(42)32-30-28-26-24-22-19-16-14-12-10-8-6-4-2/h25,27,37H,3-24,26,28-36,40H2,1-2H3/q+1/b27-25+/t37-,49+/m1/s1. The zero-order valence-electron chi connectivity index (χ0n) is 31.7. The third-order valence-electron chi connectivity index (χ3n) is 8.99. The second kappa shape index (κ2) is 32.6. The molecule has 1 aliphatic heterocycles. The maximum absolute atomic E-state index is 12.6. The topological polar surface area (TPSA) is 120 Å². The number of allylic oxidation sites excluding steroid dienone is 2. The summed E-state index contributed by atoms with van der Waals surface area (Å²) in [5.74, 6) is -0.746. The van der Waals surface area contributed by atoms with E-state index in [-0.39, 0.29) is 51.1 Å². The van der Waals surface area contributed by atoms with E-state index in [2.05, 4.69) is 24.2 Å². The first-order valence-corrected chi connectivity index (χ1v) is 21.8. The van der Waals surface area contributed by atoms with Crippen LogP contribution in [0.2, 0.25) is 0 Å². The van der Waals surface area contributed by atoms with Gasteiger partial charge in [0.1, 0.15) is 13.2 Å². The molecule has 49 heavy (non-hydrogen) atoms. The molecule has 0 radical (unpaired) electrons. The fourth-order valence-electron chi connectivity index (χ4n) is 5.87. The summed E-state index contributed by atoms with van der Waals surface area (Å²) in [7, 11) is -3.46. The Balaban J connectivity index is 2.19. The molecule has 0 aromatic rings. The van der Waals surface area contributed by atoms with Gasteiger partial charge in [0, 0.05) is 12.8 Å². The quantitative estimate of drug-likeness (QED) is 0.0128. The zero-order chi connectivity index (χ0) is 35.7. The van der Waals surface area contributed by atoms with Crippen LogP contribution in [0.15, 0.2) is 12.2 Å². The van der Waals surface area contributed by atoms with Gasteiger partial charge >= 0.3 is 19.8 Å². The van der Waals surface area contributed by atoms with Crippen molar-refractivity contribution >= 4 is 19.8 Å². The molecule has 0 amide bonds. The van der Waals surface area contributed by atoms with Crippen molar-refractivity contribution in [1.29, 1.82) is 0 Å². The predicted octanol–water partition coefficient (Wildman–Crippen LogP) is 11.5. The Bertz CT molecular complexity index is 870. The molecule has 1 rings (SSSR count). The van der Waals surface area contributed by atoms with Crippen molar-refractivity contribution in [1.82, 2.24) is 0 Å². The Morgan fingerprint density at radius 2 is 1.10 bits per heavy atom. The highest BCUT2D eigenvalue weighted by Gasteiger charge is 2.69. The van der Waals surface area contributed by atoms with Crippen LogP contribution >= 0.6 is 7.82 Å². The average molecular weight is 717 g/mol. The van der Waals surface area contributed by atoms with E-state index in [0.717, 1.165) is 25.7 Å². The molecule has 288 valence electrons. The van der Waals surface area contributed by atoms with Crippen LogP contribution in [0, 0.1) is 0 Å². The normalized spacial score (nSPS) is 16.7. The van der Waals surface area contributed by atoms with Gasteiger partial charge < -0.3 is 15.2 Å². The van der Waals surface area contributed by atoms with Crippen LogP contribution in [-0.4, -0.2) is 44.4 Å². The first-order valence-electron chi connectivity index (χ1n) is 20.3. The number of carbonyl (C=O) groups is 2. The van der Waals surface area contributed by atoms with Gasteiger partial charge in [0.15, 0.2) is 6.10 Å². The molecule has 2 atom stereocenters. The van der Waals surface area contributed by atoms with Crippen LogP contribution in [0.4, 0.5) is 0 Å². The lowest BCUT2D eigenvalue weighted by Crippen LogP contribution is -2.29. The molecular weight excluding hydrogens is 641 g/mol. The van der Waals surface area contributed by atoms with Crippen molar-refractivity contribution in [2.75, 3.05) is 26.4 Å². The van der Waals surface area contributed by atoms with Crippen molar-refractivity contribution in [2.45, 2.75) is 200 Å². The van der Waals surface area contributed by atoms with Crippen LogP contribution in [-0.2, 0) is 37.1 Å². The van der Waals surface area contributed by atoms with E-state index < -0.39 is 13.9 Å².